The molecule has 108 valence electrons. The lowest BCUT2D eigenvalue weighted by atomic mass is 10.1. The van der Waals surface area contributed by atoms with Crippen LogP contribution in [0.4, 0.5) is 5.69 Å². The SMILES string of the molecule is COc1cccc(Oc2ccc([N+](=O)[O-])cc2C(C)=O)c1. The molecule has 2 aromatic carbocycles. The summed E-state index contributed by atoms with van der Waals surface area (Å²) in [4.78, 5) is 21.8. The second-order valence-corrected chi connectivity index (χ2v) is 4.27. The van der Waals surface area contributed by atoms with E-state index in [0.29, 0.717) is 11.5 Å². The van der Waals surface area contributed by atoms with Gasteiger partial charge >= 0.3 is 0 Å². The third-order valence-corrected chi connectivity index (χ3v) is 2.82. The van der Waals surface area contributed by atoms with Gasteiger partial charge in [0.25, 0.3) is 5.69 Å². The summed E-state index contributed by atoms with van der Waals surface area (Å²) in [7, 11) is 1.53. The molecule has 0 aliphatic rings. The van der Waals surface area contributed by atoms with Crippen LogP contribution in [0, 0.1) is 10.1 Å². The molecule has 21 heavy (non-hydrogen) atoms. The summed E-state index contributed by atoms with van der Waals surface area (Å²) in [5.41, 5.74) is 0.00483. The van der Waals surface area contributed by atoms with E-state index in [-0.39, 0.29) is 22.8 Å². The minimum absolute atomic E-state index is 0.154. The standard InChI is InChI=1S/C15H13NO5/c1-10(17)14-8-11(16(18)19)6-7-15(14)21-13-5-3-4-12(9-13)20-2/h3-9H,1-2H3. The van der Waals surface area contributed by atoms with Gasteiger partial charge in [-0.05, 0) is 25.1 Å². The maximum atomic E-state index is 11.6. The number of carbonyl (C=O) groups excluding carboxylic acids is 1. The van der Waals surface area contributed by atoms with E-state index in [1.54, 1.807) is 24.3 Å². The molecule has 0 bridgehead atoms. The first-order chi connectivity index (χ1) is 10.0. The molecule has 0 aromatic heterocycles. The highest BCUT2D eigenvalue weighted by Crippen LogP contribution is 2.30. The van der Waals surface area contributed by atoms with Crippen LogP contribution in [-0.4, -0.2) is 17.8 Å². The number of non-ortho nitro benzene ring substituents is 1. The molecule has 6 heteroatoms. The molecule has 0 unspecified atom stereocenters. The topological polar surface area (TPSA) is 78.7 Å². The first kappa shape index (κ1) is 14.5. The molecule has 2 aromatic rings. The second-order valence-electron chi connectivity index (χ2n) is 4.27. The lowest BCUT2D eigenvalue weighted by molar-refractivity contribution is -0.384. The largest absolute Gasteiger partial charge is 0.497 e. The van der Waals surface area contributed by atoms with Gasteiger partial charge in [0.05, 0.1) is 17.6 Å². The Balaban J connectivity index is 2.38. The van der Waals surface area contributed by atoms with Gasteiger partial charge in [-0.15, -0.1) is 0 Å². The lowest BCUT2D eigenvalue weighted by Gasteiger charge is -2.10. The Bertz CT molecular complexity index is 696. The number of ketones is 1. The molecule has 0 N–H and O–H groups in total. The highest BCUT2D eigenvalue weighted by Gasteiger charge is 2.15. The molecule has 6 nitrogen and oxygen atoms in total. The number of Topliss-reactive ketones (excluding diaryl/α,β-unsaturated/α-hetero) is 1. The van der Waals surface area contributed by atoms with Crippen molar-refractivity contribution in [2.45, 2.75) is 6.92 Å². The van der Waals surface area contributed by atoms with E-state index in [4.69, 9.17) is 9.47 Å². The molecule has 0 saturated carbocycles. The number of hydrogen-bond acceptors (Lipinski definition) is 5. The molecule has 0 heterocycles. The molecule has 0 saturated heterocycles. The Labute approximate surface area is 121 Å². The quantitative estimate of drug-likeness (QED) is 0.477. The molecular weight excluding hydrogens is 274 g/mol. The van der Waals surface area contributed by atoms with Crippen molar-refractivity contribution in [3.8, 4) is 17.2 Å². The molecule has 0 amide bonds. The van der Waals surface area contributed by atoms with Crippen LogP contribution >= 0.6 is 0 Å². The van der Waals surface area contributed by atoms with Crippen LogP contribution < -0.4 is 9.47 Å². The number of ether oxygens (including phenoxy) is 2. The van der Waals surface area contributed by atoms with E-state index < -0.39 is 4.92 Å². The van der Waals surface area contributed by atoms with Crippen molar-refractivity contribution in [2.75, 3.05) is 7.11 Å². The van der Waals surface area contributed by atoms with Crippen molar-refractivity contribution in [1.29, 1.82) is 0 Å². The molecule has 0 aliphatic carbocycles. The van der Waals surface area contributed by atoms with E-state index in [1.165, 1.54) is 32.2 Å². The van der Waals surface area contributed by atoms with E-state index in [9.17, 15) is 14.9 Å². The van der Waals surface area contributed by atoms with Crippen LogP contribution in [-0.2, 0) is 0 Å². The first-order valence-corrected chi connectivity index (χ1v) is 6.12. The third kappa shape index (κ3) is 3.36. The predicted molar refractivity (Wildman–Crippen MR) is 76.2 cm³/mol. The summed E-state index contributed by atoms with van der Waals surface area (Å²) < 4.78 is 10.7. The highest BCUT2D eigenvalue weighted by molar-refractivity contribution is 5.97. The fraction of sp³-hybridized carbons (Fsp3) is 0.133. The van der Waals surface area contributed by atoms with Crippen LogP contribution in [0.1, 0.15) is 17.3 Å². The fourth-order valence-corrected chi connectivity index (χ4v) is 1.79. The zero-order valence-corrected chi connectivity index (χ0v) is 11.5. The minimum atomic E-state index is -0.554. The average Bonchev–Trinajstić information content (AvgIpc) is 2.47. The molecule has 2 rings (SSSR count). The monoisotopic (exact) mass is 287 g/mol. The van der Waals surface area contributed by atoms with Gasteiger partial charge in [-0.1, -0.05) is 6.07 Å². The van der Waals surface area contributed by atoms with Crippen molar-refractivity contribution in [2.24, 2.45) is 0 Å². The number of carbonyl (C=O) groups is 1. The van der Waals surface area contributed by atoms with Crippen molar-refractivity contribution >= 4 is 11.5 Å². The van der Waals surface area contributed by atoms with Crippen molar-refractivity contribution in [3.05, 3.63) is 58.1 Å². The zero-order valence-electron chi connectivity index (χ0n) is 11.5. The molecule has 0 aliphatic heterocycles. The van der Waals surface area contributed by atoms with Gasteiger partial charge in [0.15, 0.2) is 5.78 Å². The number of benzene rings is 2. The van der Waals surface area contributed by atoms with Crippen LogP contribution in [0.5, 0.6) is 17.2 Å². The van der Waals surface area contributed by atoms with Crippen molar-refractivity contribution in [1.82, 2.24) is 0 Å². The van der Waals surface area contributed by atoms with E-state index >= 15 is 0 Å². The Morgan fingerprint density at radius 2 is 1.86 bits per heavy atom. The Hall–Kier alpha value is -2.89. The summed E-state index contributed by atoms with van der Waals surface area (Å²) in [5, 5.41) is 10.8. The van der Waals surface area contributed by atoms with Gasteiger partial charge in [0, 0.05) is 18.2 Å². The van der Waals surface area contributed by atoms with Crippen LogP contribution in [0.2, 0.25) is 0 Å². The number of nitro groups is 1. The normalized spacial score (nSPS) is 10.0. The summed E-state index contributed by atoms with van der Waals surface area (Å²) in [5.74, 6) is 1.04. The van der Waals surface area contributed by atoms with E-state index in [0.717, 1.165) is 0 Å². The molecule has 0 radical (unpaired) electrons. The predicted octanol–water partition coefficient (Wildman–Crippen LogP) is 3.60. The van der Waals surface area contributed by atoms with Crippen LogP contribution in [0.3, 0.4) is 0 Å². The number of rotatable bonds is 5. The van der Waals surface area contributed by atoms with Gasteiger partial charge in [0.2, 0.25) is 0 Å². The fourth-order valence-electron chi connectivity index (χ4n) is 1.79. The molecule has 0 spiro atoms. The molecular formula is C15H13NO5. The van der Waals surface area contributed by atoms with Gasteiger partial charge in [-0.3, -0.25) is 14.9 Å². The molecule has 0 fully saturated rings. The smallest absolute Gasteiger partial charge is 0.270 e. The van der Waals surface area contributed by atoms with Crippen LogP contribution in [0.15, 0.2) is 42.5 Å². The summed E-state index contributed by atoms with van der Waals surface area (Å²) in [6, 6.07) is 10.8. The summed E-state index contributed by atoms with van der Waals surface area (Å²) in [6.45, 7) is 1.33. The zero-order chi connectivity index (χ0) is 15.4. The van der Waals surface area contributed by atoms with Crippen LogP contribution in [0.25, 0.3) is 0 Å². The summed E-state index contributed by atoms with van der Waals surface area (Å²) >= 11 is 0. The Morgan fingerprint density at radius 1 is 1.14 bits per heavy atom. The van der Waals surface area contributed by atoms with Gasteiger partial charge < -0.3 is 9.47 Å². The Morgan fingerprint density at radius 3 is 2.48 bits per heavy atom. The minimum Gasteiger partial charge on any atom is -0.497 e. The van der Waals surface area contributed by atoms with Crippen molar-refractivity contribution in [3.63, 3.8) is 0 Å². The van der Waals surface area contributed by atoms with E-state index in [2.05, 4.69) is 0 Å². The number of methoxy groups -OCH3 is 1. The van der Waals surface area contributed by atoms with E-state index in [1.807, 2.05) is 0 Å². The first-order valence-electron chi connectivity index (χ1n) is 6.12. The number of nitro benzene ring substituents is 1. The maximum Gasteiger partial charge on any atom is 0.270 e. The van der Waals surface area contributed by atoms with Gasteiger partial charge in [-0.25, -0.2) is 0 Å². The average molecular weight is 287 g/mol. The summed E-state index contributed by atoms with van der Waals surface area (Å²) in [6.07, 6.45) is 0. The second kappa shape index (κ2) is 6.04. The highest BCUT2D eigenvalue weighted by atomic mass is 16.6. The number of nitrogens with zero attached hydrogens (tertiary/aromatic N) is 1. The molecule has 0 atom stereocenters. The van der Waals surface area contributed by atoms with Gasteiger partial charge in [-0.2, -0.15) is 0 Å². The van der Waals surface area contributed by atoms with Crippen molar-refractivity contribution < 1.29 is 19.2 Å². The third-order valence-electron chi connectivity index (χ3n) is 2.82. The lowest BCUT2D eigenvalue weighted by Crippen LogP contribution is -1.99. The maximum absolute atomic E-state index is 11.6. The Kier molecular flexibility index (Phi) is 4.18. The van der Waals surface area contributed by atoms with Gasteiger partial charge in [0.1, 0.15) is 17.2 Å². The number of hydrogen-bond donors (Lipinski definition) is 0.